The molecule has 1 heterocycles. The van der Waals surface area contributed by atoms with Gasteiger partial charge in [-0.1, -0.05) is 18.2 Å². The van der Waals surface area contributed by atoms with E-state index in [2.05, 4.69) is 4.98 Å². The standard InChI is InChI=1S/C18H17FN2O3/c1-11-14(18(23)24)8-9-16(20-11)17(22)21(13-6-7-13)10-12-4-2-3-5-15(12)19/h2-5,8-9,13H,6-7,10H2,1H3,(H,23,24). The Morgan fingerprint density at radius 2 is 1.96 bits per heavy atom. The number of benzene rings is 1. The number of halogens is 1. The van der Waals surface area contributed by atoms with Gasteiger partial charge in [0.1, 0.15) is 11.5 Å². The van der Waals surface area contributed by atoms with Gasteiger partial charge in [-0.05, 0) is 38.0 Å². The topological polar surface area (TPSA) is 70.5 Å². The first-order chi connectivity index (χ1) is 11.5. The van der Waals surface area contributed by atoms with Crippen LogP contribution in [0.1, 0.15) is 44.9 Å². The zero-order valence-electron chi connectivity index (χ0n) is 13.2. The molecule has 1 fully saturated rings. The zero-order chi connectivity index (χ0) is 17.3. The number of rotatable bonds is 5. The first-order valence-corrected chi connectivity index (χ1v) is 7.72. The maximum atomic E-state index is 13.9. The molecular formula is C18H17FN2O3. The fourth-order valence-electron chi connectivity index (χ4n) is 2.62. The third kappa shape index (κ3) is 3.27. The molecule has 1 aromatic heterocycles. The number of aromatic carboxylic acids is 1. The molecule has 5 nitrogen and oxygen atoms in total. The summed E-state index contributed by atoms with van der Waals surface area (Å²) < 4.78 is 13.9. The number of hydrogen-bond donors (Lipinski definition) is 1. The second-order valence-electron chi connectivity index (χ2n) is 5.89. The van der Waals surface area contributed by atoms with Gasteiger partial charge >= 0.3 is 5.97 Å². The minimum Gasteiger partial charge on any atom is -0.478 e. The lowest BCUT2D eigenvalue weighted by Gasteiger charge is -2.22. The Balaban J connectivity index is 1.87. The highest BCUT2D eigenvalue weighted by Gasteiger charge is 2.34. The van der Waals surface area contributed by atoms with Crippen LogP contribution in [0.3, 0.4) is 0 Å². The van der Waals surface area contributed by atoms with Crippen molar-refractivity contribution in [1.29, 1.82) is 0 Å². The summed E-state index contributed by atoms with van der Waals surface area (Å²) in [4.78, 5) is 29.6. The molecular weight excluding hydrogens is 311 g/mol. The van der Waals surface area contributed by atoms with Crippen LogP contribution < -0.4 is 0 Å². The predicted molar refractivity (Wildman–Crippen MR) is 85.2 cm³/mol. The monoisotopic (exact) mass is 328 g/mol. The Kier molecular flexibility index (Phi) is 4.29. The molecule has 2 aromatic rings. The Labute approximate surface area is 138 Å². The number of aromatic nitrogens is 1. The number of carbonyl (C=O) groups is 2. The lowest BCUT2D eigenvalue weighted by molar-refractivity contribution is 0.0688. The molecule has 1 aliphatic rings. The van der Waals surface area contributed by atoms with Crippen molar-refractivity contribution >= 4 is 11.9 Å². The maximum absolute atomic E-state index is 13.9. The number of hydrogen-bond acceptors (Lipinski definition) is 3. The molecule has 0 unspecified atom stereocenters. The summed E-state index contributed by atoms with van der Waals surface area (Å²) in [6.45, 7) is 1.73. The maximum Gasteiger partial charge on any atom is 0.337 e. The minimum atomic E-state index is -1.08. The summed E-state index contributed by atoms with van der Waals surface area (Å²) >= 11 is 0. The number of aryl methyl sites for hydroxylation is 1. The first kappa shape index (κ1) is 16.1. The molecule has 1 N–H and O–H groups in total. The number of carboxylic acid groups (broad SMARTS) is 1. The molecule has 1 saturated carbocycles. The fraction of sp³-hybridized carbons (Fsp3) is 0.278. The number of nitrogens with zero attached hydrogens (tertiary/aromatic N) is 2. The van der Waals surface area contributed by atoms with Gasteiger partial charge in [-0.15, -0.1) is 0 Å². The molecule has 0 bridgehead atoms. The largest absolute Gasteiger partial charge is 0.478 e. The lowest BCUT2D eigenvalue weighted by Crippen LogP contribution is -2.33. The molecule has 24 heavy (non-hydrogen) atoms. The molecule has 0 saturated heterocycles. The summed E-state index contributed by atoms with van der Waals surface area (Å²) in [5, 5.41) is 9.05. The van der Waals surface area contributed by atoms with Crippen molar-refractivity contribution in [3.8, 4) is 0 Å². The second-order valence-corrected chi connectivity index (χ2v) is 5.89. The van der Waals surface area contributed by atoms with Gasteiger partial charge < -0.3 is 10.0 Å². The van der Waals surface area contributed by atoms with Crippen LogP contribution in [0.25, 0.3) is 0 Å². The van der Waals surface area contributed by atoms with E-state index in [1.807, 2.05) is 0 Å². The van der Waals surface area contributed by atoms with Crippen molar-refractivity contribution in [2.75, 3.05) is 0 Å². The summed E-state index contributed by atoms with van der Waals surface area (Å²) in [7, 11) is 0. The van der Waals surface area contributed by atoms with Crippen molar-refractivity contribution in [3.05, 3.63) is 64.7 Å². The van der Waals surface area contributed by atoms with Crippen molar-refractivity contribution < 1.29 is 19.1 Å². The molecule has 0 aliphatic heterocycles. The minimum absolute atomic E-state index is 0.0682. The smallest absolute Gasteiger partial charge is 0.337 e. The van der Waals surface area contributed by atoms with Crippen LogP contribution in [-0.4, -0.2) is 32.9 Å². The van der Waals surface area contributed by atoms with Crippen molar-refractivity contribution in [3.63, 3.8) is 0 Å². The highest BCUT2D eigenvalue weighted by molar-refractivity contribution is 5.94. The molecule has 1 aromatic carbocycles. The third-order valence-corrected chi connectivity index (χ3v) is 4.08. The Morgan fingerprint density at radius 1 is 1.25 bits per heavy atom. The van der Waals surface area contributed by atoms with Crippen LogP contribution in [0.5, 0.6) is 0 Å². The SMILES string of the molecule is Cc1nc(C(=O)N(Cc2ccccc2F)C2CC2)ccc1C(=O)O. The molecule has 0 radical (unpaired) electrons. The van der Waals surface area contributed by atoms with Gasteiger partial charge in [-0.3, -0.25) is 4.79 Å². The van der Waals surface area contributed by atoms with Crippen LogP contribution in [0.4, 0.5) is 4.39 Å². The molecule has 6 heteroatoms. The summed E-state index contributed by atoms with van der Waals surface area (Å²) in [5.41, 5.74) is 0.992. The fourth-order valence-corrected chi connectivity index (χ4v) is 2.62. The summed E-state index contributed by atoms with van der Waals surface area (Å²) in [5.74, 6) is -1.73. The Hall–Kier alpha value is -2.76. The van der Waals surface area contributed by atoms with Crippen LogP contribution in [0.2, 0.25) is 0 Å². The third-order valence-electron chi connectivity index (χ3n) is 4.08. The number of carboxylic acids is 1. The van der Waals surface area contributed by atoms with E-state index in [1.165, 1.54) is 18.2 Å². The van der Waals surface area contributed by atoms with E-state index in [-0.39, 0.29) is 41.3 Å². The normalized spacial score (nSPS) is 13.6. The number of carbonyl (C=O) groups excluding carboxylic acids is 1. The average Bonchev–Trinajstić information content (AvgIpc) is 3.38. The van der Waals surface area contributed by atoms with Crippen LogP contribution in [-0.2, 0) is 6.54 Å². The van der Waals surface area contributed by atoms with E-state index < -0.39 is 5.97 Å². The van der Waals surface area contributed by atoms with Crippen molar-refractivity contribution in [2.24, 2.45) is 0 Å². The van der Waals surface area contributed by atoms with Gasteiger partial charge in [0.25, 0.3) is 5.91 Å². The van der Waals surface area contributed by atoms with E-state index in [1.54, 1.807) is 30.0 Å². The average molecular weight is 328 g/mol. The van der Waals surface area contributed by atoms with Gasteiger partial charge in [-0.25, -0.2) is 14.2 Å². The summed E-state index contributed by atoms with van der Waals surface area (Å²) in [6, 6.07) is 9.24. The van der Waals surface area contributed by atoms with E-state index in [0.717, 1.165) is 12.8 Å². The molecule has 1 aliphatic carbocycles. The second kappa shape index (κ2) is 6.39. The van der Waals surface area contributed by atoms with E-state index in [9.17, 15) is 14.0 Å². The first-order valence-electron chi connectivity index (χ1n) is 7.72. The molecule has 0 spiro atoms. The van der Waals surface area contributed by atoms with Crippen molar-refractivity contribution in [2.45, 2.75) is 32.4 Å². The number of amides is 1. The van der Waals surface area contributed by atoms with Crippen LogP contribution >= 0.6 is 0 Å². The summed E-state index contributed by atoms with van der Waals surface area (Å²) in [6.07, 6.45) is 1.76. The molecule has 124 valence electrons. The Bertz CT molecular complexity index is 803. The highest BCUT2D eigenvalue weighted by atomic mass is 19.1. The molecule has 3 rings (SSSR count). The molecule has 1 amide bonds. The van der Waals surface area contributed by atoms with E-state index in [0.29, 0.717) is 5.56 Å². The number of pyridine rings is 1. The van der Waals surface area contributed by atoms with Crippen LogP contribution in [0.15, 0.2) is 36.4 Å². The van der Waals surface area contributed by atoms with E-state index >= 15 is 0 Å². The Morgan fingerprint density at radius 3 is 2.54 bits per heavy atom. The quantitative estimate of drug-likeness (QED) is 0.916. The highest BCUT2D eigenvalue weighted by Crippen LogP contribution is 2.30. The lowest BCUT2D eigenvalue weighted by atomic mass is 10.1. The van der Waals surface area contributed by atoms with Crippen molar-refractivity contribution in [1.82, 2.24) is 9.88 Å². The van der Waals surface area contributed by atoms with Gasteiger partial charge in [-0.2, -0.15) is 0 Å². The molecule has 0 atom stereocenters. The van der Waals surface area contributed by atoms with Gasteiger partial charge in [0.2, 0.25) is 0 Å². The predicted octanol–water partition coefficient (Wildman–Crippen LogP) is 3.03. The van der Waals surface area contributed by atoms with Gasteiger partial charge in [0, 0.05) is 18.2 Å². The van der Waals surface area contributed by atoms with E-state index in [4.69, 9.17) is 5.11 Å². The van der Waals surface area contributed by atoms with Gasteiger partial charge in [0.15, 0.2) is 0 Å². The van der Waals surface area contributed by atoms with Crippen LogP contribution in [0, 0.1) is 12.7 Å². The van der Waals surface area contributed by atoms with Gasteiger partial charge in [0.05, 0.1) is 11.3 Å². The zero-order valence-corrected chi connectivity index (χ0v) is 13.2.